The predicted octanol–water partition coefficient (Wildman–Crippen LogP) is 0.125. The van der Waals surface area contributed by atoms with E-state index in [4.69, 9.17) is 0 Å². The second kappa shape index (κ2) is 7.43. The summed E-state index contributed by atoms with van der Waals surface area (Å²) in [5, 5.41) is 13.3. The second-order valence-corrected chi connectivity index (χ2v) is 7.01. The largest absolute Gasteiger partial charge is 0.390 e. The number of aromatic amines is 1. The second-order valence-electron chi connectivity index (χ2n) is 7.01. The molecule has 1 aromatic heterocycles. The van der Waals surface area contributed by atoms with E-state index in [0.717, 1.165) is 16.9 Å². The Hall–Kier alpha value is -2.45. The van der Waals surface area contributed by atoms with Gasteiger partial charge in [0.15, 0.2) is 0 Å². The molecular formula is C18H25N5O3. The van der Waals surface area contributed by atoms with Gasteiger partial charge in [0.25, 0.3) is 5.91 Å². The molecule has 2 amide bonds. The predicted molar refractivity (Wildman–Crippen MR) is 97.8 cm³/mol. The summed E-state index contributed by atoms with van der Waals surface area (Å²) < 4.78 is 0. The van der Waals surface area contributed by atoms with Crippen LogP contribution in [0.25, 0.3) is 11.0 Å². The van der Waals surface area contributed by atoms with Crippen molar-refractivity contribution in [1.29, 1.82) is 0 Å². The van der Waals surface area contributed by atoms with E-state index in [1.54, 1.807) is 32.3 Å². The van der Waals surface area contributed by atoms with Crippen LogP contribution in [0.5, 0.6) is 0 Å². The molecule has 0 radical (unpaired) electrons. The van der Waals surface area contributed by atoms with Crippen LogP contribution in [-0.4, -0.2) is 82.6 Å². The zero-order chi connectivity index (χ0) is 18.8. The van der Waals surface area contributed by atoms with Crippen molar-refractivity contribution in [2.75, 3.05) is 33.7 Å². The minimum Gasteiger partial charge on any atom is -0.390 e. The van der Waals surface area contributed by atoms with Gasteiger partial charge in [-0.05, 0) is 31.5 Å². The van der Waals surface area contributed by atoms with Crippen LogP contribution in [0, 0.1) is 6.92 Å². The number of fused-ring (bicyclic) bond motifs is 1. The number of aliphatic hydroxyl groups is 1. The number of likely N-dealkylation sites (N-methyl/N-ethyl adjacent to an activating group) is 1. The van der Waals surface area contributed by atoms with Crippen molar-refractivity contribution >= 4 is 22.8 Å². The molecule has 0 saturated carbocycles. The molecule has 8 nitrogen and oxygen atoms in total. The summed E-state index contributed by atoms with van der Waals surface area (Å²) >= 11 is 0. The van der Waals surface area contributed by atoms with Crippen molar-refractivity contribution in [1.82, 2.24) is 25.1 Å². The Morgan fingerprint density at radius 3 is 2.88 bits per heavy atom. The summed E-state index contributed by atoms with van der Waals surface area (Å²) in [6.07, 6.45) is -0.111. The van der Waals surface area contributed by atoms with Crippen molar-refractivity contribution in [3.63, 3.8) is 0 Å². The maximum Gasteiger partial charge on any atom is 0.251 e. The summed E-state index contributed by atoms with van der Waals surface area (Å²) in [6, 6.07) is 4.98. The van der Waals surface area contributed by atoms with Gasteiger partial charge in [0.05, 0.1) is 29.7 Å². The number of carbonyl (C=O) groups excluding carboxylic acids is 2. The van der Waals surface area contributed by atoms with E-state index in [9.17, 15) is 14.7 Å². The first kappa shape index (κ1) is 18.3. The smallest absolute Gasteiger partial charge is 0.251 e. The zero-order valence-corrected chi connectivity index (χ0v) is 15.3. The first-order valence-electron chi connectivity index (χ1n) is 8.71. The van der Waals surface area contributed by atoms with Gasteiger partial charge in [0.2, 0.25) is 5.91 Å². The van der Waals surface area contributed by atoms with Crippen LogP contribution >= 0.6 is 0 Å². The molecule has 2 heterocycles. The number of hydrogen-bond donors (Lipinski definition) is 3. The van der Waals surface area contributed by atoms with Crippen molar-refractivity contribution in [2.45, 2.75) is 25.5 Å². The topological polar surface area (TPSA) is 102 Å². The molecule has 3 rings (SSSR count). The van der Waals surface area contributed by atoms with Crippen LogP contribution in [0.3, 0.4) is 0 Å². The number of benzene rings is 1. The lowest BCUT2D eigenvalue weighted by atomic mass is 10.0. The number of nitrogens with one attached hydrogen (secondary N) is 2. The summed E-state index contributed by atoms with van der Waals surface area (Å²) in [5.41, 5.74) is 2.16. The molecule has 26 heavy (non-hydrogen) atoms. The number of aliphatic hydroxyl groups excluding tert-OH is 1. The highest BCUT2D eigenvalue weighted by Gasteiger charge is 2.30. The Morgan fingerprint density at radius 1 is 1.42 bits per heavy atom. The highest BCUT2D eigenvalue weighted by atomic mass is 16.3. The van der Waals surface area contributed by atoms with Crippen LogP contribution in [0.4, 0.5) is 0 Å². The molecule has 1 aliphatic heterocycles. The molecule has 1 aliphatic rings. The van der Waals surface area contributed by atoms with E-state index in [-0.39, 0.29) is 24.4 Å². The quantitative estimate of drug-likeness (QED) is 0.720. The number of nitrogens with zero attached hydrogens (tertiary/aromatic N) is 3. The minimum atomic E-state index is -0.708. The number of imidazole rings is 1. The van der Waals surface area contributed by atoms with Gasteiger partial charge in [-0.3, -0.25) is 14.5 Å². The third-order valence-corrected chi connectivity index (χ3v) is 4.70. The lowest BCUT2D eigenvalue weighted by Gasteiger charge is -2.36. The Bertz CT molecular complexity index is 816. The van der Waals surface area contributed by atoms with Gasteiger partial charge in [0, 0.05) is 32.7 Å². The number of aromatic nitrogens is 2. The van der Waals surface area contributed by atoms with E-state index in [2.05, 4.69) is 15.3 Å². The van der Waals surface area contributed by atoms with Crippen LogP contribution in [0.2, 0.25) is 0 Å². The van der Waals surface area contributed by atoms with E-state index in [1.807, 2.05) is 11.8 Å². The molecule has 1 fully saturated rings. The molecule has 0 unspecified atom stereocenters. The SMILES string of the molecule is Cc1nc2ccc(C(=O)N[C@@H]3CCN(CC(=O)N(C)C)C[C@H]3O)cc2[nH]1. The number of β-amino-alcohol motifs (C(OH)–C–C–N with tert-alkyl or cyclic N) is 1. The number of likely N-dealkylation sites (tertiary alicyclic amines) is 1. The Kier molecular flexibility index (Phi) is 5.24. The fraction of sp³-hybridized carbons (Fsp3) is 0.500. The van der Waals surface area contributed by atoms with Crippen molar-refractivity contribution in [3.8, 4) is 0 Å². The summed E-state index contributed by atoms with van der Waals surface area (Å²) in [4.78, 5) is 35.2. The van der Waals surface area contributed by atoms with Crippen LogP contribution in [-0.2, 0) is 4.79 Å². The minimum absolute atomic E-state index is 0.00263. The molecule has 3 N–H and O–H groups in total. The van der Waals surface area contributed by atoms with E-state index in [0.29, 0.717) is 25.1 Å². The molecule has 1 saturated heterocycles. The van der Waals surface area contributed by atoms with E-state index >= 15 is 0 Å². The number of carbonyl (C=O) groups is 2. The highest BCUT2D eigenvalue weighted by molar-refractivity contribution is 5.97. The zero-order valence-electron chi connectivity index (χ0n) is 15.3. The van der Waals surface area contributed by atoms with Gasteiger partial charge < -0.3 is 20.3 Å². The molecule has 0 spiro atoms. The maximum atomic E-state index is 12.5. The molecule has 8 heteroatoms. The Labute approximate surface area is 152 Å². The molecule has 1 aromatic carbocycles. The first-order chi connectivity index (χ1) is 12.3. The number of amides is 2. The summed E-state index contributed by atoms with van der Waals surface area (Å²) in [7, 11) is 3.42. The average Bonchev–Trinajstić information content (AvgIpc) is 2.96. The van der Waals surface area contributed by atoms with Gasteiger partial charge in [-0.15, -0.1) is 0 Å². The van der Waals surface area contributed by atoms with Crippen LogP contribution < -0.4 is 5.32 Å². The first-order valence-corrected chi connectivity index (χ1v) is 8.71. The monoisotopic (exact) mass is 359 g/mol. The third kappa shape index (κ3) is 4.03. The normalized spacial score (nSPS) is 20.9. The lowest BCUT2D eigenvalue weighted by molar-refractivity contribution is -0.130. The van der Waals surface area contributed by atoms with Crippen LogP contribution in [0.1, 0.15) is 22.6 Å². The van der Waals surface area contributed by atoms with Crippen molar-refractivity contribution in [2.24, 2.45) is 0 Å². The lowest BCUT2D eigenvalue weighted by Crippen LogP contribution is -2.55. The molecular weight excluding hydrogens is 334 g/mol. The standard InChI is InChI=1S/C18H25N5O3/c1-11-19-13-5-4-12(8-15(13)20-11)18(26)21-14-6-7-23(9-16(14)24)10-17(25)22(2)3/h4-5,8,14,16,24H,6-7,9-10H2,1-3H3,(H,19,20)(H,21,26)/t14-,16-/m1/s1. The molecule has 0 aliphatic carbocycles. The fourth-order valence-corrected chi connectivity index (χ4v) is 3.17. The van der Waals surface area contributed by atoms with Gasteiger partial charge in [0.1, 0.15) is 5.82 Å². The average molecular weight is 359 g/mol. The number of rotatable bonds is 4. The van der Waals surface area contributed by atoms with E-state index < -0.39 is 6.10 Å². The molecule has 0 bridgehead atoms. The van der Waals surface area contributed by atoms with Gasteiger partial charge in [-0.2, -0.15) is 0 Å². The Morgan fingerprint density at radius 2 is 2.19 bits per heavy atom. The summed E-state index contributed by atoms with van der Waals surface area (Å²) in [6.45, 7) is 3.16. The molecule has 2 atom stereocenters. The fourth-order valence-electron chi connectivity index (χ4n) is 3.17. The van der Waals surface area contributed by atoms with Gasteiger partial charge >= 0.3 is 0 Å². The maximum absolute atomic E-state index is 12.5. The van der Waals surface area contributed by atoms with E-state index in [1.165, 1.54) is 4.90 Å². The number of H-pyrrole nitrogens is 1. The van der Waals surface area contributed by atoms with Crippen LogP contribution in [0.15, 0.2) is 18.2 Å². The number of hydrogen-bond acceptors (Lipinski definition) is 5. The van der Waals surface area contributed by atoms with Crippen molar-refractivity contribution < 1.29 is 14.7 Å². The third-order valence-electron chi connectivity index (χ3n) is 4.70. The molecule has 2 aromatic rings. The molecule has 140 valence electrons. The highest BCUT2D eigenvalue weighted by Crippen LogP contribution is 2.16. The number of aryl methyl sites for hydroxylation is 1. The Balaban J connectivity index is 1.60. The van der Waals surface area contributed by atoms with Crippen molar-refractivity contribution in [3.05, 3.63) is 29.6 Å². The number of piperidine rings is 1. The summed E-state index contributed by atoms with van der Waals surface area (Å²) in [5.74, 6) is 0.580. The van der Waals surface area contributed by atoms with Gasteiger partial charge in [-0.1, -0.05) is 0 Å². The van der Waals surface area contributed by atoms with Gasteiger partial charge in [-0.25, -0.2) is 4.98 Å².